The first kappa shape index (κ1) is 14.4. The molecule has 0 saturated heterocycles. The van der Waals surface area contributed by atoms with Gasteiger partial charge in [-0.15, -0.1) is 0 Å². The number of amides is 1. The Morgan fingerprint density at radius 2 is 2.05 bits per heavy atom. The molecule has 0 spiro atoms. The molecule has 2 aliphatic carbocycles. The van der Waals surface area contributed by atoms with Crippen LogP contribution in [0, 0.1) is 16.7 Å². The Kier molecular flexibility index (Phi) is 3.27. The van der Waals surface area contributed by atoms with Crippen LogP contribution in [0.2, 0.25) is 0 Å². The average molecular weight is 286 g/mol. The molecule has 2 fully saturated rings. The Hall–Kier alpha value is -1.51. The number of nitrogens with two attached hydrogens (primary N) is 1. The number of carbonyl (C=O) groups is 1. The predicted octanol–water partition coefficient (Wildman–Crippen LogP) is 3.34. The second kappa shape index (κ2) is 4.75. The van der Waals surface area contributed by atoms with Gasteiger partial charge < -0.3 is 11.1 Å². The lowest BCUT2D eigenvalue weighted by Gasteiger charge is -2.44. The van der Waals surface area contributed by atoms with Crippen molar-refractivity contribution < 1.29 is 4.79 Å². The molecule has 21 heavy (non-hydrogen) atoms. The summed E-state index contributed by atoms with van der Waals surface area (Å²) in [7, 11) is 0. The van der Waals surface area contributed by atoms with Gasteiger partial charge in [-0.05, 0) is 47.6 Å². The second-order valence-corrected chi connectivity index (χ2v) is 7.79. The van der Waals surface area contributed by atoms with Crippen LogP contribution in [0.15, 0.2) is 24.3 Å². The molecule has 2 aliphatic rings. The molecule has 114 valence electrons. The Morgan fingerprint density at radius 1 is 1.33 bits per heavy atom. The molecular formula is C18H26N2O. The highest BCUT2D eigenvalue weighted by Crippen LogP contribution is 2.63. The van der Waals surface area contributed by atoms with E-state index >= 15 is 0 Å². The summed E-state index contributed by atoms with van der Waals surface area (Å²) in [6.07, 6.45) is 4.27. The third kappa shape index (κ3) is 2.33. The molecule has 2 bridgehead atoms. The summed E-state index contributed by atoms with van der Waals surface area (Å²) in [5.41, 5.74) is 8.12. The van der Waals surface area contributed by atoms with Crippen LogP contribution in [-0.4, -0.2) is 11.9 Å². The van der Waals surface area contributed by atoms with Gasteiger partial charge in [0.2, 0.25) is 5.91 Å². The molecule has 3 nitrogen and oxygen atoms in total. The molecule has 0 radical (unpaired) electrons. The zero-order valence-corrected chi connectivity index (χ0v) is 13.3. The third-order valence-electron chi connectivity index (χ3n) is 5.95. The van der Waals surface area contributed by atoms with Gasteiger partial charge in [-0.25, -0.2) is 0 Å². The minimum absolute atomic E-state index is 0.275. The van der Waals surface area contributed by atoms with Crippen molar-refractivity contribution in [2.45, 2.75) is 52.5 Å². The lowest BCUT2D eigenvalue weighted by atomic mass is 9.68. The van der Waals surface area contributed by atoms with Crippen molar-refractivity contribution in [1.82, 2.24) is 0 Å². The van der Waals surface area contributed by atoms with E-state index < -0.39 is 0 Å². The SMILES string of the molecule is CC1(C)C(Nc2ccccc2CC(N)=O)[C@]2(C)CC[C@H]1C2. The summed E-state index contributed by atoms with van der Waals surface area (Å²) in [5, 5.41) is 3.77. The van der Waals surface area contributed by atoms with Crippen molar-refractivity contribution >= 4 is 11.6 Å². The van der Waals surface area contributed by atoms with Gasteiger partial charge in [-0.1, -0.05) is 39.0 Å². The fourth-order valence-corrected chi connectivity index (χ4v) is 4.82. The molecule has 3 heteroatoms. The van der Waals surface area contributed by atoms with E-state index in [0.717, 1.165) is 17.2 Å². The Bertz CT molecular complexity index is 561. The molecule has 1 amide bonds. The molecule has 0 heterocycles. The first-order valence-electron chi connectivity index (χ1n) is 7.96. The first-order valence-corrected chi connectivity index (χ1v) is 7.96. The zero-order valence-electron chi connectivity index (χ0n) is 13.3. The third-order valence-corrected chi connectivity index (χ3v) is 5.95. The van der Waals surface area contributed by atoms with Crippen molar-refractivity contribution in [1.29, 1.82) is 0 Å². The standard InChI is InChI=1S/C18H26N2O/c1-17(2)13-8-9-18(3,11-13)16(17)20-14-7-5-4-6-12(14)10-15(19)21/h4-7,13,16,20H,8-11H2,1-3H3,(H2,19,21)/t13-,16?,18+/m0/s1. The normalized spacial score (nSPS) is 33.1. The number of hydrogen-bond donors (Lipinski definition) is 2. The maximum absolute atomic E-state index is 11.3. The fourth-order valence-electron chi connectivity index (χ4n) is 4.82. The zero-order chi connectivity index (χ0) is 15.3. The van der Waals surface area contributed by atoms with Crippen molar-refractivity contribution in [2.75, 3.05) is 5.32 Å². The molecule has 1 aromatic carbocycles. The Morgan fingerprint density at radius 3 is 2.67 bits per heavy atom. The molecule has 1 aromatic rings. The molecule has 1 unspecified atom stereocenters. The van der Waals surface area contributed by atoms with Crippen molar-refractivity contribution in [2.24, 2.45) is 22.5 Å². The predicted molar refractivity (Wildman–Crippen MR) is 86.0 cm³/mol. The molecule has 3 rings (SSSR count). The monoisotopic (exact) mass is 286 g/mol. The second-order valence-electron chi connectivity index (χ2n) is 7.79. The molecule has 0 aromatic heterocycles. The molecule has 0 aliphatic heterocycles. The van der Waals surface area contributed by atoms with Crippen LogP contribution in [0.4, 0.5) is 5.69 Å². The lowest BCUT2D eigenvalue weighted by Crippen LogP contribution is -2.46. The first-order chi connectivity index (χ1) is 9.83. The van der Waals surface area contributed by atoms with Gasteiger partial charge in [0, 0.05) is 11.7 Å². The average Bonchev–Trinajstić information content (AvgIpc) is 2.87. The van der Waals surface area contributed by atoms with E-state index in [1.54, 1.807) is 0 Å². The van der Waals surface area contributed by atoms with Crippen molar-refractivity contribution in [3.05, 3.63) is 29.8 Å². The number of nitrogens with one attached hydrogen (secondary N) is 1. The van der Waals surface area contributed by atoms with E-state index in [9.17, 15) is 4.79 Å². The quantitative estimate of drug-likeness (QED) is 0.892. The van der Waals surface area contributed by atoms with Crippen molar-refractivity contribution in [3.8, 4) is 0 Å². The van der Waals surface area contributed by atoms with E-state index in [-0.39, 0.29) is 5.91 Å². The largest absolute Gasteiger partial charge is 0.381 e. The molecule has 3 atom stereocenters. The number of para-hydroxylation sites is 1. The van der Waals surface area contributed by atoms with Crippen LogP contribution in [0.1, 0.15) is 45.6 Å². The summed E-state index contributed by atoms with van der Waals surface area (Å²) < 4.78 is 0. The van der Waals surface area contributed by atoms with Crippen LogP contribution in [0.3, 0.4) is 0 Å². The number of rotatable bonds is 4. The summed E-state index contributed by atoms with van der Waals surface area (Å²) in [5.74, 6) is 0.533. The molecule has 3 N–H and O–H groups in total. The van der Waals surface area contributed by atoms with Gasteiger partial charge in [0.15, 0.2) is 0 Å². The number of primary amides is 1. The smallest absolute Gasteiger partial charge is 0.221 e. The summed E-state index contributed by atoms with van der Waals surface area (Å²) in [4.78, 5) is 11.3. The summed E-state index contributed by atoms with van der Waals surface area (Å²) in [6, 6.07) is 8.52. The van der Waals surface area contributed by atoms with Gasteiger partial charge in [0.1, 0.15) is 0 Å². The summed E-state index contributed by atoms with van der Waals surface area (Å²) in [6.45, 7) is 7.18. The van der Waals surface area contributed by atoms with E-state index in [4.69, 9.17) is 5.73 Å². The molecule has 2 saturated carbocycles. The highest BCUT2D eigenvalue weighted by Gasteiger charge is 2.59. The van der Waals surface area contributed by atoms with Gasteiger partial charge in [-0.2, -0.15) is 0 Å². The topological polar surface area (TPSA) is 55.1 Å². The maximum atomic E-state index is 11.3. The number of hydrogen-bond acceptors (Lipinski definition) is 2. The van der Waals surface area contributed by atoms with E-state index in [1.165, 1.54) is 19.3 Å². The van der Waals surface area contributed by atoms with Crippen LogP contribution < -0.4 is 11.1 Å². The van der Waals surface area contributed by atoms with Gasteiger partial charge in [0.25, 0.3) is 0 Å². The van der Waals surface area contributed by atoms with Crippen LogP contribution in [0.5, 0.6) is 0 Å². The number of anilines is 1. The summed E-state index contributed by atoms with van der Waals surface area (Å²) >= 11 is 0. The van der Waals surface area contributed by atoms with E-state index in [2.05, 4.69) is 32.2 Å². The minimum atomic E-state index is -0.275. The Labute approximate surface area is 127 Å². The fraction of sp³-hybridized carbons (Fsp3) is 0.611. The van der Waals surface area contributed by atoms with Gasteiger partial charge >= 0.3 is 0 Å². The lowest BCUT2D eigenvalue weighted by molar-refractivity contribution is -0.117. The number of fused-ring (bicyclic) bond motifs is 2. The van der Waals surface area contributed by atoms with E-state index in [1.807, 2.05) is 18.2 Å². The van der Waals surface area contributed by atoms with E-state index in [0.29, 0.717) is 23.3 Å². The van der Waals surface area contributed by atoms with Crippen LogP contribution >= 0.6 is 0 Å². The highest BCUT2D eigenvalue weighted by molar-refractivity contribution is 5.78. The Balaban J connectivity index is 1.89. The van der Waals surface area contributed by atoms with Crippen LogP contribution in [0.25, 0.3) is 0 Å². The minimum Gasteiger partial charge on any atom is -0.381 e. The van der Waals surface area contributed by atoms with Gasteiger partial charge in [-0.3, -0.25) is 4.79 Å². The van der Waals surface area contributed by atoms with Crippen LogP contribution in [-0.2, 0) is 11.2 Å². The highest BCUT2D eigenvalue weighted by atomic mass is 16.1. The number of benzene rings is 1. The number of carbonyl (C=O) groups excluding carboxylic acids is 1. The van der Waals surface area contributed by atoms with Gasteiger partial charge in [0.05, 0.1) is 6.42 Å². The molecular weight excluding hydrogens is 260 g/mol. The van der Waals surface area contributed by atoms with Crippen molar-refractivity contribution in [3.63, 3.8) is 0 Å². The maximum Gasteiger partial charge on any atom is 0.221 e.